The Labute approximate surface area is 191 Å². The third kappa shape index (κ3) is 3.39. The normalized spacial score (nSPS) is 15.3. The van der Waals surface area contributed by atoms with Crippen molar-refractivity contribution in [1.82, 2.24) is 4.90 Å². The van der Waals surface area contributed by atoms with Gasteiger partial charge in [0.25, 0.3) is 5.91 Å². The smallest absolute Gasteiger partial charge is 0.291 e. The van der Waals surface area contributed by atoms with Gasteiger partial charge in [0, 0.05) is 11.0 Å². The molecule has 1 aromatic heterocycles. The zero-order valence-electron chi connectivity index (χ0n) is 17.0. The number of hydrogen-bond donors (Lipinski definition) is 0. The maximum absolute atomic E-state index is 13.5. The van der Waals surface area contributed by atoms with Gasteiger partial charge in [-0.1, -0.05) is 40.2 Å². The van der Waals surface area contributed by atoms with Crippen LogP contribution in [0.25, 0.3) is 11.0 Å². The summed E-state index contributed by atoms with van der Waals surface area (Å²) in [5.74, 6) is -0.0390. The van der Waals surface area contributed by atoms with E-state index in [2.05, 4.69) is 15.9 Å². The molecule has 1 amide bonds. The number of halogens is 2. The fraction of sp³-hybridized carbons (Fsp3) is 0.120. The van der Waals surface area contributed by atoms with Crippen LogP contribution in [0.1, 0.15) is 33.3 Å². The Morgan fingerprint density at radius 1 is 1.03 bits per heavy atom. The summed E-state index contributed by atoms with van der Waals surface area (Å²) in [6.45, 7) is 0.194. The van der Waals surface area contributed by atoms with Crippen molar-refractivity contribution < 1.29 is 18.3 Å². The quantitative estimate of drug-likeness (QED) is 0.379. The van der Waals surface area contributed by atoms with Gasteiger partial charge < -0.3 is 14.1 Å². The summed E-state index contributed by atoms with van der Waals surface area (Å²) >= 11 is 3.39. The van der Waals surface area contributed by atoms with E-state index in [1.807, 2.05) is 12.1 Å². The first-order chi connectivity index (χ1) is 15.5. The van der Waals surface area contributed by atoms with Crippen LogP contribution in [0.5, 0.6) is 5.75 Å². The van der Waals surface area contributed by atoms with Crippen molar-refractivity contribution in [3.05, 3.63) is 110 Å². The lowest BCUT2D eigenvalue weighted by atomic mass is 9.98. The Kier molecular flexibility index (Phi) is 5.06. The molecular formula is C25H17BrFNO4. The minimum absolute atomic E-state index is 0.0350. The van der Waals surface area contributed by atoms with Crippen LogP contribution in [0.4, 0.5) is 4.39 Å². The molecule has 32 heavy (non-hydrogen) atoms. The van der Waals surface area contributed by atoms with Crippen molar-refractivity contribution in [1.29, 1.82) is 0 Å². The lowest BCUT2D eigenvalue weighted by Gasteiger charge is -2.25. The average Bonchev–Trinajstić information content (AvgIpc) is 3.08. The van der Waals surface area contributed by atoms with Crippen molar-refractivity contribution in [2.45, 2.75) is 12.6 Å². The van der Waals surface area contributed by atoms with E-state index in [4.69, 9.17) is 9.15 Å². The third-order valence-electron chi connectivity index (χ3n) is 5.63. The van der Waals surface area contributed by atoms with Crippen LogP contribution < -0.4 is 10.2 Å². The summed E-state index contributed by atoms with van der Waals surface area (Å²) in [6, 6.07) is 17.6. The summed E-state index contributed by atoms with van der Waals surface area (Å²) in [7, 11) is 1.57. The summed E-state index contributed by atoms with van der Waals surface area (Å²) < 4.78 is 25.3. The minimum Gasteiger partial charge on any atom is -0.497 e. The maximum atomic E-state index is 13.5. The standard InChI is InChI=1S/C25H17BrFNO4/c1-31-18-9-4-15(5-10-18)22-21-23(29)19-12-16(26)6-11-20(19)32-24(21)25(30)28(22)13-14-2-7-17(27)8-3-14/h2-12,22H,13H2,1H3. The average molecular weight is 494 g/mol. The Bertz CT molecular complexity index is 1400. The van der Waals surface area contributed by atoms with E-state index in [0.29, 0.717) is 22.3 Å². The van der Waals surface area contributed by atoms with Crippen molar-refractivity contribution >= 4 is 32.8 Å². The number of hydrogen-bond acceptors (Lipinski definition) is 4. The highest BCUT2D eigenvalue weighted by atomic mass is 79.9. The van der Waals surface area contributed by atoms with Crippen LogP contribution in [0.2, 0.25) is 0 Å². The number of ether oxygens (including phenoxy) is 1. The van der Waals surface area contributed by atoms with Crippen LogP contribution in [-0.4, -0.2) is 17.9 Å². The number of carbonyl (C=O) groups is 1. The molecule has 0 spiro atoms. The highest BCUT2D eigenvalue weighted by molar-refractivity contribution is 9.10. The van der Waals surface area contributed by atoms with Gasteiger partial charge in [0.2, 0.25) is 5.76 Å². The lowest BCUT2D eigenvalue weighted by molar-refractivity contribution is 0.0714. The largest absolute Gasteiger partial charge is 0.497 e. The molecule has 3 aromatic carbocycles. The molecule has 0 fully saturated rings. The van der Waals surface area contributed by atoms with Gasteiger partial charge in [-0.3, -0.25) is 9.59 Å². The number of carbonyl (C=O) groups excluding carboxylic acids is 1. The molecule has 1 atom stereocenters. The zero-order valence-corrected chi connectivity index (χ0v) is 18.6. The second-order valence-electron chi connectivity index (χ2n) is 7.55. The molecule has 5 rings (SSSR count). The molecule has 0 N–H and O–H groups in total. The SMILES string of the molecule is COc1ccc(C2c3c(oc4ccc(Br)cc4c3=O)C(=O)N2Cc2ccc(F)cc2)cc1. The fourth-order valence-electron chi connectivity index (χ4n) is 4.07. The van der Waals surface area contributed by atoms with E-state index in [1.54, 1.807) is 54.5 Å². The molecular weight excluding hydrogens is 477 g/mol. The number of amides is 1. The molecule has 0 saturated heterocycles. The highest BCUT2D eigenvalue weighted by Crippen LogP contribution is 2.39. The van der Waals surface area contributed by atoms with E-state index in [0.717, 1.165) is 15.6 Å². The number of nitrogens with zero attached hydrogens (tertiary/aromatic N) is 1. The second kappa shape index (κ2) is 7.91. The first-order valence-electron chi connectivity index (χ1n) is 9.92. The molecule has 1 aliphatic heterocycles. The van der Waals surface area contributed by atoms with E-state index >= 15 is 0 Å². The third-order valence-corrected chi connectivity index (χ3v) is 6.12. The topological polar surface area (TPSA) is 59.8 Å². The summed E-state index contributed by atoms with van der Waals surface area (Å²) in [5.41, 5.74) is 1.89. The highest BCUT2D eigenvalue weighted by Gasteiger charge is 2.42. The van der Waals surface area contributed by atoms with Gasteiger partial charge in [0.15, 0.2) is 5.43 Å². The first kappa shape index (κ1) is 20.5. The van der Waals surface area contributed by atoms with Crippen molar-refractivity contribution in [2.24, 2.45) is 0 Å². The van der Waals surface area contributed by atoms with Gasteiger partial charge in [-0.15, -0.1) is 0 Å². The van der Waals surface area contributed by atoms with Gasteiger partial charge in [0.1, 0.15) is 17.1 Å². The molecule has 160 valence electrons. The Hall–Kier alpha value is -3.45. The molecule has 0 radical (unpaired) electrons. The van der Waals surface area contributed by atoms with Gasteiger partial charge in [-0.05, 0) is 53.6 Å². The second-order valence-corrected chi connectivity index (χ2v) is 8.47. The van der Waals surface area contributed by atoms with E-state index < -0.39 is 6.04 Å². The Balaban J connectivity index is 1.70. The fourth-order valence-corrected chi connectivity index (χ4v) is 4.44. The number of rotatable bonds is 4. The van der Waals surface area contributed by atoms with Crippen molar-refractivity contribution in [3.63, 3.8) is 0 Å². The molecule has 5 nitrogen and oxygen atoms in total. The molecule has 2 heterocycles. The number of fused-ring (bicyclic) bond motifs is 2. The van der Waals surface area contributed by atoms with E-state index in [1.165, 1.54) is 12.1 Å². The minimum atomic E-state index is -0.645. The van der Waals surface area contributed by atoms with Crippen LogP contribution in [0.3, 0.4) is 0 Å². The molecule has 4 aromatic rings. The lowest BCUT2D eigenvalue weighted by Crippen LogP contribution is -2.29. The number of benzene rings is 3. The predicted octanol–water partition coefficient (Wildman–Crippen LogP) is 5.45. The first-order valence-corrected chi connectivity index (χ1v) is 10.7. The van der Waals surface area contributed by atoms with Crippen LogP contribution >= 0.6 is 15.9 Å². The summed E-state index contributed by atoms with van der Waals surface area (Å²) in [6.07, 6.45) is 0. The molecule has 0 saturated carbocycles. The van der Waals surface area contributed by atoms with Crippen molar-refractivity contribution in [3.8, 4) is 5.75 Å². The molecule has 7 heteroatoms. The zero-order chi connectivity index (χ0) is 22.4. The van der Waals surface area contributed by atoms with Gasteiger partial charge in [-0.25, -0.2) is 4.39 Å². The van der Waals surface area contributed by atoms with Gasteiger partial charge in [-0.2, -0.15) is 0 Å². The van der Waals surface area contributed by atoms with E-state index in [-0.39, 0.29) is 29.5 Å². The van der Waals surface area contributed by atoms with Crippen LogP contribution in [0.15, 0.2) is 80.4 Å². The van der Waals surface area contributed by atoms with Gasteiger partial charge in [0.05, 0.1) is 24.1 Å². The van der Waals surface area contributed by atoms with Crippen LogP contribution in [-0.2, 0) is 6.54 Å². The van der Waals surface area contributed by atoms with Crippen molar-refractivity contribution in [2.75, 3.05) is 7.11 Å². The molecule has 1 unspecified atom stereocenters. The molecule has 1 aliphatic rings. The summed E-state index contributed by atoms with van der Waals surface area (Å²) in [5, 5.41) is 0.396. The van der Waals surface area contributed by atoms with Gasteiger partial charge >= 0.3 is 0 Å². The predicted molar refractivity (Wildman–Crippen MR) is 121 cm³/mol. The molecule has 0 bridgehead atoms. The van der Waals surface area contributed by atoms with Crippen LogP contribution in [0, 0.1) is 5.82 Å². The number of methoxy groups -OCH3 is 1. The Morgan fingerprint density at radius 2 is 1.75 bits per heavy atom. The maximum Gasteiger partial charge on any atom is 0.291 e. The monoisotopic (exact) mass is 493 g/mol. The van der Waals surface area contributed by atoms with E-state index in [9.17, 15) is 14.0 Å². The molecule has 0 aliphatic carbocycles. The Morgan fingerprint density at radius 3 is 2.44 bits per heavy atom. The summed E-state index contributed by atoms with van der Waals surface area (Å²) in [4.78, 5) is 28.5.